The maximum Gasteiger partial charge on any atom is 0.225 e. The lowest BCUT2D eigenvalue weighted by Crippen LogP contribution is -2.26. The van der Waals surface area contributed by atoms with Gasteiger partial charge in [-0.15, -0.1) is 22.7 Å². The van der Waals surface area contributed by atoms with Crippen molar-refractivity contribution in [2.45, 2.75) is 19.8 Å². The summed E-state index contributed by atoms with van der Waals surface area (Å²) in [5.41, 5.74) is 1.05. The molecule has 2 rings (SSSR count). The third-order valence-corrected chi connectivity index (χ3v) is 4.15. The van der Waals surface area contributed by atoms with Crippen LogP contribution in [-0.2, 0) is 17.6 Å². The summed E-state index contributed by atoms with van der Waals surface area (Å²) in [4.78, 5) is 17.0. The Hall–Kier alpha value is -1.20. The van der Waals surface area contributed by atoms with Gasteiger partial charge in [-0.25, -0.2) is 4.98 Å². The van der Waals surface area contributed by atoms with Gasteiger partial charge < -0.3 is 5.32 Å². The van der Waals surface area contributed by atoms with Crippen molar-refractivity contribution < 1.29 is 4.79 Å². The lowest BCUT2D eigenvalue weighted by atomic mass is 10.3. The fraction of sp³-hybridized carbons (Fsp3) is 0.333. The first-order chi connectivity index (χ1) is 8.24. The van der Waals surface area contributed by atoms with E-state index in [2.05, 4.69) is 10.3 Å². The summed E-state index contributed by atoms with van der Waals surface area (Å²) in [6.45, 7) is 2.65. The van der Waals surface area contributed by atoms with Crippen LogP contribution in [0.4, 0.5) is 0 Å². The van der Waals surface area contributed by atoms with E-state index in [0.29, 0.717) is 13.0 Å². The first-order valence-corrected chi connectivity index (χ1v) is 7.20. The third-order valence-electron chi connectivity index (χ3n) is 2.24. The number of nitrogens with one attached hydrogen (secondary N) is 1. The second-order valence-electron chi connectivity index (χ2n) is 3.74. The maximum atomic E-state index is 11.6. The quantitative estimate of drug-likeness (QED) is 0.903. The van der Waals surface area contributed by atoms with Crippen LogP contribution in [0.1, 0.15) is 15.6 Å². The van der Waals surface area contributed by atoms with Crippen molar-refractivity contribution in [2.75, 3.05) is 6.54 Å². The SMILES string of the molecule is Cc1csc(CCNC(=O)Cc2cccs2)n1. The van der Waals surface area contributed by atoms with Crippen LogP contribution >= 0.6 is 22.7 Å². The van der Waals surface area contributed by atoms with Crippen LogP contribution in [0, 0.1) is 6.92 Å². The molecule has 90 valence electrons. The molecule has 0 atom stereocenters. The Bertz CT molecular complexity index is 476. The molecule has 0 aliphatic carbocycles. The summed E-state index contributed by atoms with van der Waals surface area (Å²) in [5.74, 6) is 0.0840. The van der Waals surface area contributed by atoms with Gasteiger partial charge in [-0.1, -0.05) is 6.07 Å². The number of carbonyl (C=O) groups is 1. The van der Waals surface area contributed by atoms with E-state index < -0.39 is 0 Å². The summed E-state index contributed by atoms with van der Waals surface area (Å²) < 4.78 is 0. The molecular formula is C12H14N2OS2. The zero-order valence-corrected chi connectivity index (χ0v) is 11.2. The van der Waals surface area contributed by atoms with Crippen LogP contribution in [0.25, 0.3) is 0 Å². The summed E-state index contributed by atoms with van der Waals surface area (Å²) in [7, 11) is 0. The molecule has 5 heteroatoms. The summed E-state index contributed by atoms with van der Waals surface area (Å²) >= 11 is 3.26. The molecule has 0 spiro atoms. The van der Waals surface area contributed by atoms with Crippen molar-refractivity contribution in [3.05, 3.63) is 38.5 Å². The van der Waals surface area contributed by atoms with Crippen molar-refractivity contribution in [3.63, 3.8) is 0 Å². The molecule has 3 nitrogen and oxygen atoms in total. The van der Waals surface area contributed by atoms with Crippen LogP contribution in [0.2, 0.25) is 0 Å². The highest BCUT2D eigenvalue weighted by atomic mass is 32.1. The Morgan fingerprint density at radius 2 is 2.35 bits per heavy atom. The van der Waals surface area contributed by atoms with E-state index >= 15 is 0 Å². The van der Waals surface area contributed by atoms with Gasteiger partial charge in [0.25, 0.3) is 0 Å². The van der Waals surface area contributed by atoms with Crippen LogP contribution in [-0.4, -0.2) is 17.4 Å². The van der Waals surface area contributed by atoms with Crippen molar-refractivity contribution >= 4 is 28.6 Å². The van der Waals surface area contributed by atoms with Gasteiger partial charge in [0.05, 0.1) is 11.4 Å². The lowest BCUT2D eigenvalue weighted by molar-refractivity contribution is -0.120. The number of hydrogen-bond acceptors (Lipinski definition) is 4. The number of nitrogens with zero attached hydrogens (tertiary/aromatic N) is 1. The highest BCUT2D eigenvalue weighted by Crippen LogP contribution is 2.10. The molecule has 2 heterocycles. The topological polar surface area (TPSA) is 42.0 Å². The Balaban J connectivity index is 1.70. The Kier molecular flexibility index (Phi) is 4.28. The second-order valence-corrected chi connectivity index (χ2v) is 5.71. The number of hydrogen-bond donors (Lipinski definition) is 1. The van der Waals surface area contributed by atoms with Gasteiger partial charge in [0.15, 0.2) is 0 Å². The first-order valence-electron chi connectivity index (χ1n) is 5.44. The van der Waals surface area contributed by atoms with Gasteiger partial charge in [-0.2, -0.15) is 0 Å². The lowest BCUT2D eigenvalue weighted by Gasteiger charge is -2.02. The van der Waals surface area contributed by atoms with Crippen molar-refractivity contribution in [3.8, 4) is 0 Å². The number of aryl methyl sites for hydroxylation is 1. The molecule has 0 aliphatic heterocycles. The predicted molar refractivity (Wildman–Crippen MR) is 71.6 cm³/mol. The molecule has 1 N–H and O–H groups in total. The normalized spacial score (nSPS) is 10.4. The van der Waals surface area contributed by atoms with E-state index in [1.165, 1.54) is 0 Å². The van der Waals surface area contributed by atoms with E-state index in [0.717, 1.165) is 22.0 Å². The molecule has 2 aromatic heterocycles. The number of carbonyl (C=O) groups excluding carboxylic acids is 1. The molecule has 0 aromatic carbocycles. The average molecular weight is 266 g/mol. The highest BCUT2D eigenvalue weighted by molar-refractivity contribution is 7.10. The zero-order chi connectivity index (χ0) is 12.1. The molecule has 1 amide bonds. The first kappa shape index (κ1) is 12.3. The minimum atomic E-state index is 0.0840. The van der Waals surface area contributed by atoms with Crippen LogP contribution < -0.4 is 5.32 Å². The van der Waals surface area contributed by atoms with Crippen molar-refractivity contribution in [1.29, 1.82) is 0 Å². The second kappa shape index (κ2) is 5.93. The number of aromatic nitrogens is 1. The monoisotopic (exact) mass is 266 g/mol. The van der Waals surface area contributed by atoms with Crippen LogP contribution in [0.5, 0.6) is 0 Å². The van der Waals surface area contributed by atoms with Crippen molar-refractivity contribution in [1.82, 2.24) is 10.3 Å². The molecule has 0 saturated carbocycles. The Morgan fingerprint density at radius 1 is 1.47 bits per heavy atom. The minimum Gasteiger partial charge on any atom is -0.355 e. The van der Waals surface area contributed by atoms with Gasteiger partial charge in [0.1, 0.15) is 0 Å². The Morgan fingerprint density at radius 3 is 3.00 bits per heavy atom. The molecule has 0 radical (unpaired) electrons. The highest BCUT2D eigenvalue weighted by Gasteiger charge is 2.04. The molecular weight excluding hydrogens is 252 g/mol. The maximum absolute atomic E-state index is 11.6. The van der Waals surface area contributed by atoms with Gasteiger partial charge in [-0.3, -0.25) is 4.79 Å². The molecule has 0 saturated heterocycles. The third kappa shape index (κ3) is 3.94. The van der Waals surface area contributed by atoms with Gasteiger partial charge in [-0.05, 0) is 18.4 Å². The number of thiophene rings is 1. The molecule has 0 fully saturated rings. The molecule has 17 heavy (non-hydrogen) atoms. The van der Waals surface area contributed by atoms with E-state index in [1.807, 2.05) is 29.8 Å². The average Bonchev–Trinajstić information content (AvgIpc) is 2.90. The van der Waals surface area contributed by atoms with E-state index in [9.17, 15) is 4.79 Å². The van der Waals surface area contributed by atoms with Gasteiger partial charge >= 0.3 is 0 Å². The smallest absolute Gasteiger partial charge is 0.225 e. The van der Waals surface area contributed by atoms with E-state index in [1.54, 1.807) is 22.7 Å². The molecule has 0 aliphatic rings. The largest absolute Gasteiger partial charge is 0.355 e. The van der Waals surface area contributed by atoms with Gasteiger partial charge in [0.2, 0.25) is 5.91 Å². The summed E-state index contributed by atoms with van der Waals surface area (Å²) in [5, 5.41) is 8.01. The van der Waals surface area contributed by atoms with Crippen molar-refractivity contribution in [2.24, 2.45) is 0 Å². The predicted octanol–water partition coefficient (Wildman–Crippen LogP) is 2.41. The summed E-state index contributed by atoms with van der Waals surface area (Å²) in [6.07, 6.45) is 1.29. The molecule has 0 bridgehead atoms. The van der Waals surface area contributed by atoms with E-state index in [-0.39, 0.29) is 5.91 Å². The fourth-order valence-electron chi connectivity index (χ4n) is 1.46. The summed E-state index contributed by atoms with van der Waals surface area (Å²) in [6, 6.07) is 3.94. The zero-order valence-electron chi connectivity index (χ0n) is 9.60. The van der Waals surface area contributed by atoms with E-state index in [4.69, 9.17) is 0 Å². The standard InChI is InChI=1S/C12H14N2OS2/c1-9-8-17-12(14-9)4-5-13-11(15)7-10-3-2-6-16-10/h2-3,6,8H,4-5,7H2,1H3,(H,13,15). The number of thiazole rings is 1. The van der Waals surface area contributed by atoms with Crippen LogP contribution in [0.15, 0.2) is 22.9 Å². The Labute approximate surface area is 109 Å². The van der Waals surface area contributed by atoms with Gasteiger partial charge in [0, 0.05) is 28.9 Å². The minimum absolute atomic E-state index is 0.0840. The molecule has 0 unspecified atom stereocenters. The fourth-order valence-corrected chi connectivity index (χ4v) is 2.94. The molecule has 2 aromatic rings. The number of rotatable bonds is 5. The number of amides is 1. The van der Waals surface area contributed by atoms with Crippen LogP contribution in [0.3, 0.4) is 0 Å².